The Labute approximate surface area is 94.7 Å². The molecule has 0 bridgehead atoms. The Hall–Kier alpha value is -1.57. The van der Waals surface area contributed by atoms with Gasteiger partial charge in [0, 0.05) is 12.8 Å². The molecule has 0 rings (SSSR count). The lowest BCUT2D eigenvalue weighted by molar-refractivity contribution is -0.145. The van der Waals surface area contributed by atoms with Crippen molar-refractivity contribution in [2.24, 2.45) is 11.8 Å². The van der Waals surface area contributed by atoms with Crippen LogP contribution in [0.4, 0.5) is 0 Å². The fraction of sp³-hybridized carbons (Fsp3) is 0.727. The van der Waals surface area contributed by atoms with Crippen LogP contribution in [0.25, 0.3) is 0 Å². The van der Waals surface area contributed by atoms with Gasteiger partial charge in [0.15, 0.2) is 0 Å². The molecule has 5 heteroatoms. The van der Waals surface area contributed by atoms with Crippen molar-refractivity contribution in [3.05, 3.63) is 0 Å². The van der Waals surface area contributed by atoms with Crippen molar-refractivity contribution < 1.29 is 19.8 Å². The summed E-state index contributed by atoms with van der Waals surface area (Å²) in [5.41, 5.74) is 0. The van der Waals surface area contributed by atoms with Crippen LogP contribution in [0, 0.1) is 23.2 Å². The van der Waals surface area contributed by atoms with E-state index < -0.39 is 17.9 Å². The second kappa shape index (κ2) is 7.69. The van der Waals surface area contributed by atoms with Crippen LogP contribution in [-0.2, 0) is 9.59 Å². The summed E-state index contributed by atoms with van der Waals surface area (Å²) in [4.78, 5) is 21.4. The first-order valence-corrected chi connectivity index (χ1v) is 5.34. The maximum Gasteiger partial charge on any atom is 0.306 e. The first kappa shape index (κ1) is 14.4. The molecule has 0 aliphatic rings. The van der Waals surface area contributed by atoms with E-state index in [1.54, 1.807) is 0 Å². The van der Waals surface area contributed by atoms with Crippen LogP contribution in [0.2, 0.25) is 0 Å². The second-order valence-electron chi connectivity index (χ2n) is 3.79. The lowest BCUT2D eigenvalue weighted by Crippen LogP contribution is -2.24. The van der Waals surface area contributed by atoms with Gasteiger partial charge in [0.05, 0.1) is 12.0 Å². The molecule has 0 saturated carbocycles. The summed E-state index contributed by atoms with van der Waals surface area (Å²) >= 11 is 0. The van der Waals surface area contributed by atoms with Crippen LogP contribution in [-0.4, -0.2) is 22.2 Å². The molecule has 0 aromatic carbocycles. The minimum atomic E-state index is -1.00. The molecule has 0 amide bonds. The van der Waals surface area contributed by atoms with Gasteiger partial charge in [-0.2, -0.15) is 5.26 Å². The molecule has 90 valence electrons. The molecule has 0 aliphatic heterocycles. The number of rotatable bonds is 8. The highest BCUT2D eigenvalue weighted by Crippen LogP contribution is 2.25. The molecule has 0 aromatic heterocycles. The van der Waals surface area contributed by atoms with Gasteiger partial charge in [-0.05, 0) is 18.8 Å². The zero-order valence-electron chi connectivity index (χ0n) is 9.35. The molecule has 5 nitrogen and oxygen atoms in total. The van der Waals surface area contributed by atoms with E-state index in [0.29, 0.717) is 6.42 Å². The predicted molar refractivity (Wildman–Crippen MR) is 56.6 cm³/mol. The highest BCUT2D eigenvalue weighted by atomic mass is 16.4. The number of nitriles is 1. The van der Waals surface area contributed by atoms with Gasteiger partial charge in [-0.3, -0.25) is 9.59 Å². The second-order valence-corrected chi connectivity index (χ2v) is 3.79. The van der Waals surface area contributed by atoms with Crippen LogP contribution < -0.4 is 0 Å². The molecule has 0 spiro atoms. The molecule has 2 N–H and O–H groups in total. The molecule has 2 unspecified atom stereocenters. The third kappa shape index (κ3) is 5.35. The van der Waals surface area contributed by atoms with E-state index in [0.717, 1.165) is 6.42 Å². The zero-order chi connectivity index (χ0) is 12.6. The first-order valence-electron chi connectivity index (χ1n) is 5.34. The SMILES string of the molecule is CCCC(CC#N)C(CCC(=O)O)C(=O)O. The summed E-state index contributed by atoms with van der Waals surface area (Å²) in [7, 11) is 0. The standard InChI is InChI=1S/C11H17NO4/c1-2-3-8(6-7-12)9(11(15)16)4-5-10(13)14/h8-9H,2-6H2,1H3,(H,13,14)(H,15,16). The summed E-state index contributed by atoms with van der Waals surface area (Å²) in [5, 5.41) is 26.1. The van der Waals surface area contributed by atoms with Crippen LogP contribution in [0.1, 0.15) is 39.0 Å². The van der Waals surface area contributed by atoms with Crippen LogP contribution in [0.15, 0.2) is 0 Å². The number of aliphatic carboxylic acids is 2. The van der Waals surface area contributed by atoms with Gasteiger partial charge >= 0.3 is 11.9 Å². The third-order valence-electron chi connectivity index (χ3n) is 2.57. The maximum absolute atomic E-state index is 11.0. The number of nitrogens with zero attached hydrogens (tertiary/aromatic N) is 1. The summed E-state index contributed by atoms with van der Waals surface area (Å²) in [6.07, 6.45) is 1.54. The lowest BCUT2D eigenvalue weighted by Gasteiger charge is -2.20. The number of carboxylic acid groups (broad SMARTS) is 2. The van der Waals surface area contributed by atoms with Gasteiger partial charge in [-0.25, -0.2) is 0 Å². The van der Waals surface area contributed by atoms with Crippen molar-refractivity contribution in [3.63, 3.8) is 0 Å². The molecule has 0 aromatic rings. The van der Waals surface area contributed by atoms with Gasteiger partial charge in [0.1, 0.15) is 0 Å². The van der Waals surface area contributed by atoms with E-state index in [2.05, 4.69) is 0 Å². The highest BCUT2D eigenvalue weighted by Gasteiger charge is 2.27. The predicted octanol–water partition coefficient (Wildman–Crippen LogP) is 1.88. The number of carbonyl (C=O) groups is 2. The molecule has 16 heavy (non-hydrogen) atoms. The van der Waals surface area contributed by atoms with Crippen LogP contribution in [0.5, 0.6) is 0 Å². The topological polar surface area (TPSA) is 98.4 Å². The molecule has 2 atom stereocenters. The van der Waals surface area contributed by atoms with E-state index in [4.69, 9.17) is 15.5 Å². The minimum absolute atomic E-state index is 0.0943. The Morgan fingerprint density at radius 3 is 2.31 bits per heavy atom. The number of carboxylic acids is 2. The van der Waals surface area contributed by atoms with E-state index in [1.807, 2.05) is 13.0 Å². The Morgan fingerprint density at radius 2 is 1.94 bits per heavy atom. The first-order chi connectivity index (χ1) is 7.52. The van der Waals surface area contributed by atoms with E-state index in [1.165, 1.54) is 0 Å². The Morgan fingerprint density at radius 1 is 1.31 bits per heavy atom. The molecule has 0 saturated heterocycles. The van der Waals surface area contributed by atoms with E-state index >= 15 is 0 Å². The van der Waals surface area contributed by atoms with Gasteiger partial charge in [-0.1, -0.05) is 13.3 Å². The van der Waals surface area contributed by atoms with E-state index in [-0.39, 0.29) is 25.2 Å². The maximum atomic E-state index is 11.0. The zero-order valence-corrected chi connectivity index (χ0v) is 9.35. The molecule has 0 fully saturated rings. The summed E-state index contributed by atoms with van der Waals surface area (Å²) in [6.45, 7) is 1.92. The molecule has 0 radical (unpaired) electrons. The number of hydrogen-bond donors (Lipinski definition) is 2. The van der Waals surface area contributed by atoms with Gasteiger partial charge in [0.25, 0.3) is 0 Å². The molecule has 0 aliphatic carbocycles. The quantitative estimate of drug-likeness (QED) is 0.659. The van der Waals surface area contributed by atoms with Gasteiger partial charge in [-0.15, -0.1) is 0 Å². The van der Waals surface area contributed by atoms with Crippen molar-refractivity contribution in [3.8, 4) is 6.07 Å². The average Bonchev–Trinajstić information content (AvgIpc) is 2.17. The lowest BCUT2D eigenvalue weighted by atomic mass is 9.83. The van der Waals surface area contributed by atoms with Crippen molar-refractivity contribution >= 4 is 11.9 Å². The van der Waals surface area contributed by atoms with Crippen molar-refractivity contribution in [1.82, 2.24) is 0 Å². The Bertz CT molecular complexity index is 282. The largest absolute Gasteiger partial charge is 0.481 e. The van der Waals surface area contributed by atoms with Crippen molar-refractivity contribution in [1.29, 1.82) is 5.26 Å². The van der Waals surface area contributed by atoms with Crippen LogP contribution in [0.3, 0.4) is 0 Å². The number of hydrogen-bond acceptors (Lipinski definition) is 3. The normalized spacial score (nSPS) is 13.8. The molecule has 0 heterocycles. The van der Waals surface area contributed by atoms with Gasteiger partial charge < -0.3 is 10.2 Å². The van der Waals surface area contributed by atoms with Crippen molar-refractivity contribution in [2.75, 3.05) is 0 Å². The molecular weight excluding hydrogens is 210 g/mol. The summed E-state index contributed by atoms with van der Waals surface area (Å²) < 4.78 is 0. The monoisotopic (exact) mass is 227 g/mol. The smallest absolute Gasteiger partial charge is 0.306 e. The third-order valence-corrected chi connectivity index (χ3v) is 2.57. The fourth-order valence-corrected chi connectivity index (χ4v) is 1.77. The summed E-state index contributed by atoms with van der Waals surface area (Å²) in [5.74, 6) is -2.98. The minimum Gasteiger partial charge on any atom is -0.481 e. The highest BCUT2D eigenvalue weighted by molar-refractivity contribution is 5.72. The van der Waals surface area contributed by atoms with E-state index in [9.17, 15) is 9.59 Å². The Kier molecular flexibility index (Phi) is 6.93. The molecular formula is C11H17NO4. The van der Waals surface area contributed by atoms with Crippen molar-refractivity contribution in [2.45, 2.75) is 39.0 Å². The Balaban J connectivity index is 4.51. The summed E-state index contributed by atoms with van der Waals surface area (Å²) in [6, 6.07) is 1.96. The van der Waals surface area contributed by atoms with Crippen LogP contribution >= 0.6 is 0 Å². The van der Waals surface area contributed by atoms with Gasteiger partial charge in [0.2, 0.25) is 0 Å². The fourth-order valence-electron chi connectivity index (χ4n) is 1.77. The average molecular weight is 227 g/mol.